The number of hydrogen-bond donors (Lipinski definition) is 2. The second-order valence-corrected chi connectivity index (χ2v) is 6.56. The van der Waals surface area contributed by atoms with Crippen molar-refractivity contribution >= 4 is 34.6 Å². The number of nitrogens with one attached hydrogen (secondary N) is 2. The maximum absolute atomic E-state index is 11.7. The van der Waals surface area contributed by atoms with Gasteiger partial charge in [0.25, 0.3) is 0 Å². The highest BCUT2D eigenvalue weighted by Crippen LogP contribution is 2.36. The molecule has 138 valence electrons. The maximum atomic E-state index is 11.7. The van der Waals surface area contributed by atoms with Crippen LogP contribution in [0.5, 0.6) is 5.75 Å². The van der Waals surface area contributed by atoms with E-state index in [-0.39, 0.29) is 23.4 Å². The molecule has 9 heteroatoms. The zero-order valence-electron chi connectivity index (χ0n) is 14.4. The summed E-state index contributed by atoms with van der Waals surface area (Å²) in [5.41, 5.74) is 0.297. The highest BCUT2D eigenvalue weighted by atomic mass is 35.5. The van der Waals surface area contributed by atoms with E-state index in [1.807, 2.05) is 0 Å². The maximum Gasteiger partial charge on any atom is 0.353 e. The summed E-state index contributed by atoms with van der Waals surface area (Å²) < 4.78 is 5.27. The average Bonchev–Trinajstić information content (AvgIpc) is 2.63. The van der Waals surface area contributed by atoms with Crippen LogP contribution in [-0.4, -0.2) is 28.0 Å². The first kappa shape index (κ1) is 18.2. The van der Waals surface area contributed by atoms with E-state index in [4.69, 9.17) is 16.3 Å². The van der Waals surface area contributed by atoms with Crippen LogP contribution in [0.1, 0.15) is 32.1 Å². The first-order valence-corrected chi connectivity index (χ1v) is 8.82. The molecule has 1 aliphatic carbocycles. The number of rotatable bonds is 6. The van der Waals surface area contributed by atoms with E-state index in [1.165, 1.54) is 19.9 Å². The first-order chi connectivity index (χ1) is 12.6. The van der Waals surface area contributed by atoms with Crippen LogP contribution in [0.15, 0.2) is 24.5 Å². The fourth-order valence-corrected chi connectivity index (χ4v) is 3.27. The van der Waals surface area contributed by atoms with Gasteiger partial charge >= 0.3 is 5.69 Å². The molecule has 0 atom stereocenters. The second-order valence-electron chi connectivity index (χ2n) is 6.13. The van der Waals surface area contributed by atoms with Gasteiger partial charge in [-0.3, -0.25) is 10.1 Å². The first-order valence-electron chi connectivity index (χ1n) is 8.45. The van der Waals surface area contributed by atoms with Crippen LogP contribution in [0, 0.1) is 10.1 Å². The predicted octanol–water partition coefficient (Wildman–Crippen LogP) is 4.54. The van der Waals surface area contributed by atoms with Crippen molar-refractivity contribution < 1.29 is 9.66 Å². The molecule has 2 N–H and O–H groups in total. The Bertz CT molecular complexity index is 796. The van der Waals surface area contributed by atoms with Crippen LogP contribution in [0.25, 0.3) is 0 Å². The van der Waals surface area contributed by atoms with Gasteiger partial charge in [-0.2, -0.15) is 0 Å². The van der Waals surface area contributed by atoms with Gasteiger partial charge in [0.2, 0.25) is 11.6 Å². The Morgan fingerprint density at radius 1 is 1.23 bits per heavy atom. The van der Waals surface area contributed by atoms with E-state index in [0.717, 1.165) is 25.7 Å². The Labute approximate surface area is 156 Å². The Hall–Kier alpha value is -2.61. The fraction of sp³-hybridized carbons (Fsp3) is 0.412. The minimum absolute atomic E-state index is 0.0869. The predicted molar refractivity (Wildman–Crippen MR) is 100 cm³/mol. The minimum Gasteiger partial charge on any atom is -0.495 e. The van der Waals surface area contributed by atoms with E-state index < -0.39 is 4.92 Å². The molecule has 0 bridgehead atoms. The van der Waals surface area contributed by atoms with E-state index in [1.54, 1.807) is 18.2 Å². The second kappa shape index (κ2) is 8.18. The smallest absolute Gasteiger partial charge is 0.353 e. The van der Waals surface area contributed by atoms with E-state index >= 15 is 0 Å². The molecule has 26 heavy (non-hydrogen) atoms. The molecule has 1 aromatic carbocycles. The molecule has 1 saturated carbocycles. The van der Waals surface area contributed by atoms with E-state index in [0.29, 0.717) is 16.5 Å². The minimum atomic E-state index is -0.482. The van der Waals surface area contributed by atoms with Crippen molar-refractivity contribution in [2.75, 3.05) is 17.7 Å². The Balaban J connectivity index is 1.93. The number of nitro groups is 1. The molecule has 0 unspecified atom stereocenters. The van der Waals surface area contributed by atoms with E-state index in [2.05, 4.69) is 20.6 Å². The number of benzene rings is 1. The molecule has 3 rings (SSSR count). The van der Waals surface area contributed by atoms with Crippen molar-refractivity contribution in [2.45, 2.75) is 38.1 Å². The van der Waals surface area contributed by atoms with Crippen LogP contribution in [0.3, 0.4) is 0 Å². The molecule has 1 fully saturated rings. The van der Waals surface area contributed by atoms with Crippen LogP contribution >= 0.6 is 11.6 Å². The fourth-order valence-electron chi connectivity index (χ4n) is 3.09. The number of aromatic nitrogens is 2. The van der Waals surface area contributed by atoms with Gasteiger partial charge < -0.3 is 15.4 Å². The van der Waals surface area contributed by atoms with Gasteiger partial charge in [0.15, 0.2) is 0 Å². The molecular weight excluding hydrogens is 358 g/mol. The molecule has 1 heterocycles. The SMILES string of the molecule is COc1ccc(Cl)cc1Nc1ncnc(NC2CCCCC2)c1[N+](=O)[O-]. The molecule has 0 saturated heterocycles. The number of anilines is 3. The lowest BCUT2D eigenvalue weighted by atomic mass is 9.95. The van der Waals surface area contributed by atoms with Crippen molar-refractivity contribution in [3.63, 3.8) is 0 Å². The quantitative estimate of drug-likeness (QED) is 0.562. The van der Waals surface area contributed by atoms with Crippen LogP contribution < -0.4 is 15.4 Å². The Morgan fingerprint density at radius 3 is 2.65 bits per heavy atom. The van der Waals surface area contributed by atoms with Crippen molar-refractivity contribution in [1.29, 1.82) is 0 Å². The largest absolute Gasteiger partial charge is 0.495 e. The van der Waals surface area contributed by atoms with Crippen molar-refractivity contribution in [3.8, 4) is 5.75 Å². The summed E-state index contributed by atoms with van der Waals surface area (Å²) in [5, 5.41) is 18.3. The van der Waals surface area contributed by atoms with Crippen LogP contribution in [-0.2, 0) is 0 Å². The highest BCUT2D eigenvalue weighted by molar-refractivity contribution is 6.31. The molecule has 0 radical (unpaired) electrons. The van der Waals surface area contributed by atoms with E-state index in [9.17, 15) is 10.1 Å². The van der Waals surface area contributed by atoms with Gasteiger partial charge in [0, 0.05) is 11.1 Å². The number of ether oxygens (including phenoxy) is 1. The van der Waals surface area contributed by atoms with Gasteiger partial charge in [-0.15, -0.1) is 0 Å². The molecule has 1 aromatic heterocycles. The lowest BCUT2D eigenvalue weighted by Crippen LogP contribution is -2.23. The topological polar surface area (TPSA) is 102 Å². The number of nitrogens with zero attached hydrogens (tertiary/aromatic N) is 3. The summed E-state index contributed by atoms with van der Waals surface area (Å²) in [6, 6.07) is 5.17. The Kier molecular flexibility index (Phi) is 5.72. The normalized spacial score (nSPS) is 14.7. The number of methoxy groups -OCH3 is 1. The molecule has 1 aliphatic rings. The molecule has 0 spiro atoms. The zero-order valence-corrected chi connectivity index (χ0v) is 15.1. The summed E-state index contributed by atoms with van der Waals surface area (Å²) in [7, 11) is 1.51. The Morgan fingerprint density at radius 2 is 1.96 bits per heavy atom. The summed E-state index contributed by atoms with van der Waals surface area (Å²) in [4.78, 5) is 19.3. The zero-order chi connectivity index (χ0) is 18.5. The van der Waals surface area contributed by atoms with Crippen LogP contribution in [0.2, 0.25) is 5.02 Å². The molecule has 0 amide bonds. The molecular formula is C17H20ClN5O3. The van der Waals surface area contributed by atoms with Gasteiger partial charge in [0.05, 0.1) is 17.7 Å². The van der Waals surface area contributed by atoms with Gasteiger partial charge in [-0.1, -0.05) is 30.9 Å². The third-order valence-electron chi connectivity index (χ3n) is 4.37. The standard InChI is InChI=1S/C17H20ClN5O3/c1-26-14-8-7-11(18)9-13(14)22-17-15(23(24)25)16(19-10-20-17)21-12-5-3-2-4-6-12/h7-10,12H,2-6H2,1H3,(H2,19,20,21,22). The summed E-state index contributed by atoms with van der Waals surface area (Å²) in [6.45, 7) is 0. The third kappa shape index (κ3) is 4.13. The van der Waals surface area contributed by atoms with Crippen molar-refractivity contribution in [3.05, 3.63) is 39.7 Å². The van der Waals surface area contributed by atoms with Crippen LogP contribution in [0.4, 0.5) is 23.0 Å². The molecule has 8 nitrogen and oxygen atoms in total. The number of hydrogen-bond acceptors (Lipinski definition) is 7. The molecule has 2 aromatic rings. The average molecular weight is 378 g/mol. The molecule has 0 aliphatic heterocycles. The third-order valence-corrected chi connectivity index (χ3v) is 4.60. The van der Waals surface area contributed by atoms with Gasteiger partial charge in [-0.05, 0) is 31.0 Å². The summed E-state index contributed by atoms with van der Waals surface area (Å²) in [5.74, 6) is 0.813. The summed E-state index contributed by atoms with van der Waals surface area (Å²) in [6.07, 6.45) is 6.68. The lowest BCUT2D eigenvalue weighted by Gasteiger charge is -2.23. The van der Waals surface area contributed by atoms with Crippen molar-refractivity contribution in [2.24, 2.45) is 0 Å². The van der Waals surface area contributed by atoms with Crippen molar-refractivity contribution in [1.82, 2.24) is 9.97 Å². The number of halogens is 1. The van der Waals surface area contributed by atoms with Gasteiger partial charge in [-0.25, -0.2) is 9.97 Å². The lowest BCUT2D eigenvalue weighted by molar-refractivity contribution is -0.383. The summed E-state index contributed by atoms with van der Waals surface area (Å²) >= 11 is 6.03. The van der Waals surface area contributed by atoms with Gasteiger partial charge in [0.1, 0.15) is 12.1 Å². The highest BCUT2D eigenvalue weighted by Gasteiger charge is 2.26. The monoisotopic (exact) mass is 377 g/mol.